The minimum atomic E-state index is -0.448. The van der Waals surface area contributed by atoms with Crippen LogP contribution in [0.4, 0.5) is 0 Å². The maximum Gasteiger partial charge on any atom is 0.248 e. The van der Waals surface area contributed by atoms with E-state index in [4.69, 9.17) is 16.3 Å². The second-order valence-electron chi connectivity index (χ2n) is 3.96. The molecule has 1 aromatic carbocycles. The molecule has 2 rings (SSSR count). The fraction of sp³-hybridized carbons (Fsp3) is 0.0667. The van der Waals surface area contributed by atoms with Crippen molar-refractivity contribution in [2.45, 2.75) is 6.92 Å². The van der Waals surface area contributed by atoms with Crippen molar-refractivity contribution in [3.05, 3.63) is 59.9 Å². The zero-order valence-electron chi connectivity index (χ0n) is 10.3. The van der Waals surface area contributed by atoms with Gasteiger partial charge in [-0.3, -0.25) is 9.78 Å². The highest BCUT2D eigenvalue weighted by molar-refractivity contribution is 6.68. The Morgan fingerprint density at radius 1 is 1.21 bits per heavy atom. The third kappa shape index (κ3) is 3.93. The minimum absolute atomic E-state index is 0.448. The van der Waals surface area contributed by atoms with E-state index in [1.807, 2.05) is 36.4 Å². The van der Waals surface area contributed by atoms with Gasteiger partial charge >= 0.3 is 0 Å². The van der Waals surface area contributed by atoms with Crippen molar-refractivity contribution in [3.8, 4) is 11.5 Å². The first-order chi connectivity index (χ1) is 9.15. The van der Waals surface area contributed by atoms with Crippen LogP contribution in [0.1, 0.15) is 12.5 Å². The van der Waals surface area contributed by atoms with Gasteiger partial charge in [-0.1, -0.05) is 12.1 Å². The van der Waals surface area contributed by atoms with Crippen LogP contribution >= 0.6 is 11.6 Å². The van der Waals surface area contributed by atoms with Crippen LogP contribution in [0.2, 0.25) is 0 Å². The number of aromatic nitrogens is 1. The van der Waals surface area contributed by atoms with E-state index in [1.165, 1.54) is 0 Å². The van der Waals surface area contributed by atoms with Crippen LogP contribution in [0, 0.1) is 0 Å². The molecule has 2 aromatic rings. The average Bonchev–Trinajstić information content (AvgIpc) is 2.42. The third-order valence-electron chi connectivity index (χ3n) is 2.44. The molecule has 0 saturated carbocycles. The predicted octanol–water partition coefficient (Wildman–Crippen LogP) is 4.04. The highest BCUT2D eigenvalue weighted by Crippen LogP contribution is 2.21. The van der Waals surface area contributed by atoms with Gasteiger partial charge in [-0.2, -0.15) is 0 Å². The summed E-state index contributed by atoms with van der Waals surface area (Å²) in [6.07, 6.45) is 5.06. The third-order valence-corrected chi connectivity index (χ3v) is 2.74. The summed E-state index contributed by atoms with van der Waals surface area (Å²) in [7, 11) is 0. The summed E-state index contributed by atoms with van der Waals surface area (Å²) in [5, 5.41) is -0.448. The highest BCUT2D eigenvalue weighted by Gasteiger charge is 2.00. The van der Waals surface area contributed by atoms with E-state index >= 15 is 0 Å². The van der Waals surface area contributed by atoms with E-state index in [1.54, 1.807) is 25.4 Å². The molecule has 0 aliphatic heterocycles. The van der Waals surface area contributed by atoms with Crippen LogP contribution in [0.5, 0.6) is 11.5 Å². The van der Waals surface area contributed by atoms with E-state index in [0.29, 0.717) is 17.1 Å². The fourth-order valence-electron chi connectivity index (χ4n) is 1.48. The molecule has 0 bridgehead atoms. The van der Waals surface area contributed by atoms with Gasteiger partial charge in [-0.05, 0) is 54.4 Å². The number of benzene rings is 1. The monoisotopic (exact) mass is 273 g/mol. The van der Waals surface area contributed by atoms with E-state index in [2.05, 4.69) is 4.98 Å². The number of pyridine rings is 1. The van der Waals surface area contributed by atoms with E-state index in [-0.39, 0.29) is 0 Å². The molecule has 96 valence electrons. The lowest BCUT2D eigenvalue weighted by Gasteiger charge is -2.05. The molecule has 0 radical (unpaired) electrons. The highest BCUT2D eigenvalue weighted by atomic mass is 35.5. The van der Waals surface area contributed by atoms with Crippen molar-refractivity contribution in [1.29, 1.82) is 0 Å². The van der Waals surface area contributed by atoms with Crippen LogP contribution in [-0.4, -0.2) is 10.2 Å². The molecule has 0 fully saturated rings. The predicted molar refractivity (Wildman–Crippen MR) is 75.3 cm³/mol. The topological polar surface area (TPSA) is 39.2 Å². The summed E-state index contributed by atoms with van der Waals surface area (Å²) in [5.41, 5.74) is 1.40. The average molecular weight is 274 g/mol. The lowest BCUT2D eigenvalue weighted by molar-refractivity contribution is -0.108. The molecule has 4 heteroatoms. The lowest BCUT2D eigenvalue weighted by Crippen LogP contribution is -1.88. The molecule has 0 amide bonds. The first-order valence-corrected chi connectivity index (χ1v) is 6.09. The second-order valence-corrected chi connectivity index (χ2v) is 4.30. The molecule has 0 aliphatic carbocycles. The second kappa shape index (κ2) is 6.16. The maximum atomic E-state index is 10.9. The van der Waals surface area contributed by atoms with Crippen molar-refractivity contribution >= 4 is 22.9 Å². The Hall–Kier alpha value is -2.13. The maximum absolute atomic E-state index is 10.9. The molecular formula is C15H12ClNO2. The zero-order chi connectivity index (χ0) is 13.7. The Morgan fingerprint density at radius 3 is 2.53 bits per heavy atom. The van der Waals surface area contributed by atoms with Crippen LogP contribution < -0.4 is 4.74 Å². The minimum Gasteiger partial charge on any atom is -0.456 e. The Balaban J connectivity index is 2.11. The fourth-order valence-corrected chi connectivity index (χ4v) is 1.54. The van der Waals surface area contributed by atoms with Crippen molar-refractivity contribution in [1.82, 2.24) is 4.98 Å². The Kier molecular flexibility index (Phi) is 4.31. The van der Waals surface area contributed by atoms with Crippen molar-refractivity contribution < 1.29 is 9.53 Å². The molecule has 1 aromatic heterocycles. The zero-order valence-corrected chi connectivity index (χ0v) is 11.1. The number of hydrogen-bond acceptors (Lipinski definition) is 3. The lowest BCUT2D eigenvalue weighted by atomic mass is 10.1. The Morgan fingerprint density at radius 2 is 1.95 bits per heavy atom. The van der Waals surface area contributed by atoms with Crippen LogP contribution in [-0.2, 0) is 4.79 Å². The molecule has 1 heterocycles. The standard InChI is InChI=1S/C15H12ClNO2/c1-11(15(16)18)9-12-4-6-13(7-5-12)19-14-3-2-8-17-10-14/h2-10H,1H3/b11-9+. The molecule has 0 saturated heterocycles. The number of nitrogens with zero attached hydrogens (tertiary/aromatic N) is 1. The van der Waals surface area contributed by atoms with Gasteiger partial charge in [0.1, 0.15) is 11.5 Å². The Bertz CT molecular complexity index is 591. The van der Waals surface area contributed by atoms with Crippen LogP contribution in [0.3, 0.4) is 0 Å². The van der Waals surface area contributed by atoms with Gasteiger partial charge in [-0.15, -0.1) is 0 Å². The van der Waals surface area contributed by atoms with E-state index < -0.39 is 5.24 Å². The SMILES string of the molecule is C/C(=C\c1ccc(Oc2cccnc2)cc1)C(=O)Cl. The van der Waals surface area contributed by atoms with Gasteiger partial charge in [0, 0.05) is 11.8 Å². The van der Waals surface area contributed by atoms with Gasteiger partial charge < -0.3 is 4.74 Å². The van der Waals surface area contributed by atoms with Gasteiger partial charge in [0.05, 0.1) is 6.20 Å². The summed E-state index contributed by atoms with van der Waals surface area (Å²) < 4.78 is 5.61. The Labute approximate surface area is 116 Å². The molecule has 0 atom stereocenters. The number of halogens is 1. The van der Waals surface area contributed by atoms with Crippen molar-refractivity contribution in [3.63, 3.8) is 0 Å². The van der Waals surface area contributed by atoms with Gasteiger partial charge in [-0.25, -0.2) is 0 Å². The smallest absolute Gasteiger partial charge is 0.248 e. The molecule has 0 spiro atoms. The molecule has 0 N–H and O–H groups in total. The summed E-state index contributed by atoms with van der Waals surface area (Å²) in [4.78, 5) is 14.9. The number of carbonyl (C=O) groups excluding carboxylic acids is 1. The van der Waals surface area contributed by atoms with Crippen molar-refractivity contribution in [2.24, 2.45) is 0 Å². The molecular weight excluding hydrogens is 262 g/mol. The summed E-state index contributed by atoms with van der Waals surface area (Å²) in [6, 6.07) is 11.0. The van der Waals surface area contributed by atoms with Gasteiger partial charge in [0.2, 0.25) is 5.24 Å². The first kappa shape index (κ1) is 13.3. The quantitative estimate of drug-likeness (QED) is 0.623. The van der Waals surface area contributed by atoms with E-state index in [0.717, 1.165) is 5.56 Å². The van der Waals surface area contributed by atoms with Crippen molar-refractivity contribution in [2.75, 3.05) is 0 Å². The molecule has 19 heavy (non-hydrogen) atoms. The number of ether oxygens (including phenoxy) is 1. The summed E-state index contributed by atoms with van der Waals surface area (Å²) in [5.74, 6) is 1.39. The van der Waals surface area contributed by atoms with Crippen LogP contribution in [0.25, 0.3) is 6.08 Å². The van der Waals surface area contributed by atoms with Crippen LogP contribution in [0.15, 0.2) is 54.4 Å². The first-order valence-electron chi connectivity index (χ1n) is 5.71. The van der Waals surface area contributed by atoms with Gasteiger partial charge in [0.15, 0.2) is 0 Å². The number of allylic oxidation sites excluding steroid dienone is 1. The normalized spacial score (nSPS) is 11.2. The van der Waals surface area contributed by atoms with Gasteiger partial charge in [0.25, 0.3) is 0 Å². The molecule has 3 nitrogen and oxygen atoms in total. The molecule has 0 unspecified atom stereocenters. The summed E-state index contributed by atoms with van der Waals surface area (Å²) in [6.45, 7) is 1.68. The summed E-state index contributed by atoms with van der Waals surface area (Å²) >= 11 is 5.38. The largest absolute Gasteiger partial charge is 0.456 e. The van der Waals surface area contributed by atoms with E-state index in [9.17, 15) is 4.79 Å². The number of hydrogen-bond donors (Lipinski definition) is 0. The number of rotatable bonds is 4. The number of carbonyl (C=O) groups is 1. The molecule has 0 aliphatic rings.